The number of hydrogen-bond donors (Lipinski definition) is 2. The van der Waals surface area contributed by atoms with Gasteiger partial charge in [0.15, 0.2) is 17.3 Å². The van der Waals surface area contributed by atoms with Gasteiger partial charge in [0.2, 0.25) is 0 Å². The lowest BCUT2D eigenvalue weighted by Crippen LogP contribution is -2.27. The van der Waals surface area contributed by atoms with Gasteiger partial charge in [0, 0.05) is 36.7 Å². The number of rotatable bonds is 5. The van der Waals surface area contributed by atoms with Gasteiger partial charge in [-0.2, -0.15) is 10.2 Å². The van der Waals surface area contributed by atoms with E-state index in [2.05, 4.69) is 32.6 Å². The van der Waals surface area contributed by atoms with Crippen LogP contribution in [0.3, 0.4) is 0 Å². The summed E-state index contributed by atoms with van der Waals surface area (Å²) in [5.41, 5.74) is 13.1. The second-order valence-corrected chi connectivity index (χ2v) is 10.2. The molecule has 6 aromatic heterocycles. The molecule has 1 atom stereocenters. The van der Waals surface area contributed by atoms with Gasteiger partial charge < -0.3 is 11.1 Å². The third-order valence-corrected chi connectivity index (χ3v) is 7.73. The van der Waals surface area contributed by atoms with E-state index in [-0.39, 0.29) is 11.9 Å². The first-order valence-corrected chi connectivity index (χ1v) is 13.6. The lowest BCUT2D eigenvalue weighted by Gasteiger charge is -2.16. The minimum Gasteiger partial charge on any atom is -0.383 e. The fraction of sp³-hybridized carbons (Fsp3) is 0.0968. The highest BCUT2D eigenvalue weighted by Gasteiger charge is 2.26. The SMILES string of the molecule is Nc1ncccc1-c1nc2ccc(-n3cccn3)nc2n1-c1ccc2c(c1)CC[C@@H]2NC(=O)c1ccc2ccnn2c1. The van der Waals surface area contributed by atoms with E-state index in [1.807, 2.05) is 65.4 Å². The maximum Gasteiger partial charge on any atom is 0.253 e. The van der Waals surface area contributed by atoms with E-state index < -0.39 is 0 Å². The molecule has 0 saturated heterocycles. The van der Waals surface area contributed by atoms with Crippen molar-refractivity contribution >= 4 is 28.4 Å². The van der Waals surface area contributed by atoms with Crippen LogP contribution in [0.4, 0.5) is 5.82 Å². The molecule has 1 aliphatic rings. The number of aromatic nitrogens is 8. The smallest absolute Gasteiger partial charge is 0.253 e. The van der Waals surface area contributed by atoms with Crippen LogP contribution < -0.4 is 11.1 Å². The first-order valence-electron chi connectivity index (χ1n) is 13.6. The lowest BCUT2D eigenvalue weighted by molar-refractivity contribution is 0.0936. The summed E-state index contributed by atoms with van der Waals surface area (Å²) in [6.07, 6.45) is 10.3. The number of nitrogens with one attached hydrogen (secondary N) is 1. The van der Waals surface area contributed by atoms with E-state index >= 15 is 0 Å². The molecule has 1 aliphatic carbocycles. The number of aryl methyl sites for hydroxylation is 1. The molecule has 42 heavy (non-hydrogen) atoms. The van der Waals surface area contributed by atoms with Crippen molar-refractivity contribution in [2.45, 2.75) is 18.9 Å². The molecule has 204 valence electrons. The number of benzene rings is 1. The van der Waals surface area contributed by atoms with Gasteiger partial charge >= 0.3 is 0 Å². The van der Waals surface area contributed by atoms with Crippen molar-refractivity contribution in [3.05, 3.63) is 114 Å². The van der Waals surface area contributed by atoms with Gasteiger partial charge in [-0.05, 0) is 84.6 Å². The molecule has 7 aromatic rings. The molecule has 3 N–H and O–H groups in total. The molecule has 11 nitrogen and oxygen atoms in total. The molecule has 0 spiro atoms. The van der Waals surface area contributed by atoms with Crippen LogP contribution in [0.1, 0.15) is 33.9 Å². The molecule has 0 radical (unpaired) electrons. The highest BCUT2D eigenvalue weighted by molar-refractivity contribution is 5.94. The first kappa shape index (κ1) is 24.0. The van der Waals surface area contributed by atoms with Gasteiger partial charge in [-0.1, -0.05) is 6.07 Å². The molecule has 8 rings (SSSR count). The number of nitrogens with zero attached hydrogens (tertiary/aromatic N) is 8. The van der Waals surface area contributed by atoms with E-state index in [1.165, 1.54) is 0 Å². The Morgan fingerprint density at radius 3 is 2.79 bits per heavy atom. The average Bonchev–Trinajstić information content (AvgIpc) is 3.83. The second-order valence-electron chi connectivity index (χ2n) is 10.2. The van der Waals surface area contributed by atoms with Gasteiger partial charge in [-0.15, -0.1) is 0 Å². The average molecular weight is 553 g/mol. The summed E-state index contributed by atoms with van der Waals surface area (Å²) in [7, 11) is 0. The molecule has 1 aromatic carbocycles. The van der Waals surface area contributed by atoms with Crippen molar-refractivity contribution in [3.8, 4) is 22.9 Å². The number of carbonyl (C=O) groups excluding carboxylic acids is 1. The predicted molar refractivity (Wildman–Crippen MR) is 157 cm³/mol. The van der Waals surface area contributed by atoms with Crippen molar-refractivity contribution in [2.24, 2.45) is 0 Å². The van der Waals surface area contributed by atoms with Crippen molar-refractivity contribution in [1.29, 1.82) is 0 Å². The maximum atomic E-state index is 13.1. The summed E-state index contributed by atoms with van der Waals surface area (Å²) in [6, 6.07) is 21.2. The molecule has 11 heteroatoms. The lowest BCUT2D eigenvalue weighted by atomic mass is 10.1. The Kier molecular flexibility index (Phi) is 5.36. The van der Waals surface area contributed by atoms with Gasteiger partial charge in [0.25, 0.3) is 5.91 Å². The highest BCUT2D eigenvalue weighted by atomic mass is 16.1. The fourth-order valence-corrected chi connectivity index (χ4v) is 5.69. The Balaban J connectivity index is 1.19. The topological polar surface area (TPSA) is 134 Å². The van der Waals surface area contributed by atoms with Gasteiger partial charge in [0.1, 0.15) is 11.3 Å². The largest absolute Gasteiger partial charge is 0.383 e. The van der Waals surface area contributed by atoms with Crippen molar-refractivity contribution in [2.75, 3.05) is 5.73 Å². The van der Waals surface area contributed by atoms with E-state index in [4.69, 9.17) is 15.7 Å². The van der Waals surface area contributed by atoms with Crippen molar-refractivity contribution in [3.63, 3.8) is 0 Å². The van der Waals surface area contributed by atoms with E-state index in [9.17, 15) is 4.79 Å². The Labute approximate surface area is 239 Å². The molecule has 6 heterocycles. The Morgan fingerprint density at radius 2 is 1.90 bits per heavy atom. The molecule has 0 bridgehead atoms. The number of amides is 1. The Hall–Kier alpha value is -5.84. The summed E-state index contributed by atoms with van der Waals surface area (Å²) >= 11 is 0. The number of fused-ring (bicyclic) bond motifs is 3. The van der Waals surface area contributed by atoms with Crippen LogP contribution in [-0.4, -0.2) is 44.8 Å². The number of hydrogen-bond acceptors (Lipinski definition) is 7. The Morgan fingerprint density at radius 1 is 0.952 bits per heavy atom. The summed E-state index contributed by atoms with van der Waals surface area (Å²) in [5.74, 6) is 1.59. The van der Waals surface area contributed by atoms with Gasteiger partial charge in [0.05, 0.1) is 22.7 Å². The molecule has 0 saturated carbocycles. The molecule has 1 amide bonds. The van der Waals surface area contributed by atoms with Crippen LogP contribution in [0, 0.1) is 0 Å². The maximum absolute atomic E-state index is 13.1. The number of nitrogens with two attached hydrogens (primary N) is 1. The summed E-state index contributed by atoms with van der Waals surface area (Å²) in [4.78, 5) is 27.3. The summed E-state index contributed by atoms with van der Waals surface area (Å²) in [5, 5.41) is 11.8. The van der Waals surface area contributed by atoms with Gasteiger partial charge in [-0.3, -0.25) is 9.36 Å². The molecule has 0 fully saturated rings. The van der Waals surface area contributed by atoms with Crippen molar-refractivity contribution in [1.82, 2.24) is 44.2 Å². The Bertz CT molecular complexity index is 2130. The summed E-state index contributed by atoms with van der Waals surface area (Å²) < 4.78 is 5.44. The number of imidazole rings is 1. The zero-order valence-electron chi connectivity index (χ0n) is 22.3. The van der Waals surface area contributed by atoms with Crippen LogP contribution in [0.15, 0.2) is 97.7 Å². The van der Waals surface area contributed by atoms with Crippen LogP contribution in [0.5, 0.6) is 0 Å². The zero-order valence-corrected chi connectivity index (χ0v) is 22.3. The normalized spacial score (nSPS) is 14.4. The third kappa shape index (κ3) is 3.90. The highest BCUT2D eigenvalue weighted by Crippen LogP contribution is 2.36. The third-order valence-electron chi connectivity index (χ3n) is 7.73. The van der Waals surface area contributed by atoms with E-state index in [1.54, 1.807) is 34.0 Å². The number of anilines is 1. The predicted octanol–water partition coefficient (Wildman–Crippen LogP) is 4.32. The second kappa shape index (κ2) is 9.37. The van der Waals surface area contributed by atoms with Crippen LogP contribution in [-0.2, 0) is 6.42 Å². The summed E-state index contributed by atoms with van der Waals surface area (Å²) in [6.45, 7) is 0. The molecule has 0 unspecified atom stereocenters. The van der Waals surface area contributed by atoms with Crippen LogP contribution >= 0.6 is 0 Å². The number of carbonyl (C=O) groups is 1. The first-order chi connectivity index (χ1) is 20.6. The minimum atomic E-state index is -0.125. The fourth-order valence-electron chi connectivity index (χ4n) is 5.69. The standard InChI is InChI=1S/C31H24N10O/c32-28-24(3-1-13-33-28)29-36-26-10-11-27(39-16-2-14-34-39)38-30(26)41(29)22-7-8-23-19(17-22)5-9-25(23)37-31(42)20-4-6-21-12-15-35-40(21)18-20/h1-4,6-8,10-18,25H,5,9H2,(H2,32,33)(H,37,42)/t25-/m0/s1. The zero-order chi connectivity index (χ0) is 28.2. The number of nitrogen functional groups attached to an aromatic ring is 1. The molecular formula is C31H24N10O. The van der Waals surface area contributed by atoms with Gasteiger partial charge in [-0.25, -0.2) is 24.1 Å². The van der Waals surface area contributed by atoms with Crippen LogP contribution in [0.25, 0.3) is 39.6 Å². The van der Waals surface area contributed by atoms with E-state index in [0.29, 0.717) is 28.7 Å². The van der Waals surface area contributed by atoms with Crippen molar-refractivity contribution < 1.29 is 4.79 Å². The molecular weight excluding hydrogens is 528 g/mol. The van der Waals surface area contributed by atoms with Crippen LogP contribution in [0.2, 0.25) is 0 Å². The van der Waals surface area contributed by atoms with E-state index in [0.717, 1.165) is 46.3 Å². The monoisotopic (exact) mass is 552 g/mol. The minimum absolute atomic E-state index is 0.0904. The molecule has 0 aliphatic heterocycles. The number of pyridine rings is 3. The quantitative estimate of drug-likeness (QED) is 0.325.